The molecule has 1 rings (SSSR count). The van der Waals surface area contributed by atoms with E-state index in [1.54, 1.807) is 0 Å². The minimum atomic E-state index is -1.76. The van der Waals surface area contributed by atoms with Crippen LogP contribution < -0.4 is 5.73 Å². The molecule has 70 valence electrons. The minimum absolute atomic E-state index is 0.150. The molecule has 0 spiro atoms. The molecule has 0 amide bonds. The first-order chi connectivity index (χ1) is 5.95. The maximum atomic E-state index is 12.6. The summed E-state index contributed by atoms with van der Waals surface area (Å²) in [6.07, 6.45) is 0. The van der Waals surface area contributed by atoms with E-state index in [-0.39, 0.29) is 6.07 Å². The van der Waals surface area contributed by atoms with Gasteiger partial charge in [0.15, 0.2) is 17.3 Å². The van der Waals surface area contributed by atoms with E-state index in [0.717, 1.165) is 0 Å². The fourth-order valence-corrected chi connectivity index (χ4v) is 0.775. The van der Waals surface area contributed by atoms with Crippen LogP contribution in [-0.4, -0.2) is 4.92 Å². The fraction of sp³-hybridized carbons (Fsp3) is 0. The topological polar surface area (TPSA) is 69.2 Å². The molecule has 0 heterocycles. The Morgan fingerprint density at radius 3 is 2.31 bits per heavy atom. The molecule has 7 heteroatoms. The Bertz CT molecular complexity index is 354. The van der Waals surface area contributed by atoms with Gasteiger partial charge in [0.05, 0.1) is 4.92 Å². The number of rotatable bonds is 1. The first-order valence-electron chi connectivity index (χ1n) is 3.02. The summed E-state index contributed by atoms with van der Waals surface area (Å²) in [5.41, 5.74) is 2.44. The first-order valence-corrected chi connectivity index (χ1v) is 3.02. The molecule has 4 nitrogen and oxygen atoms in total. The molecule has 1 aromatic carbocycles. The van der Waals surface area contributed by atoms with Gasteiger partial charge in [0, 0.05) is 6.07 Å². The average molecular weight is 192 g/mol. The van der Waals surface area contributed by atoms with Crippen molar-refractivity contribution in [3.8, 4) is 0 Å². The van der Waals surface area contributed by atoms with Gasteiger partial charge < -0.3 is 5.73 Å². The molecule has 0 atom stereocenters. The van der Waals surface area contributed by atoms with E-state index in [0.29, 0.717) is 0 Å². The van der Waals surface area contributed by atoms with Crippen LogP contribution in [-0.2, 0) is 0 Å². The number of hydrogen-bond acceptors (Lipinski definition) is 3. The summed E-state index contributed by atoms with van der Waals surface area (Å²) in [7, 11) is 0. The molecule has 0 radical (unpaired) electrons. The molecule has 0 aliphatic rings. The number of nitro groups is 1. The Kier molecular flexibility index (Phi) is 2.09. The predicted octanol–water partition coefficient (Wildman–Crippen LogP) is 1.59. The molecule has 0 aliphatic carbocycles. The number of anilines is 1. The van der Waals surface area contributed by atoms with Crippen molar-refractivity contribution in [2.24, 2.45) is 0 Å². The number of benzene rings is 1. The van der Waals surface area contributed by atoms with Gasteiger partial charge in [0.25, 0.3) is 0 Å². The van der Waals surface area contributed by atoms with Gasteiger partial charge in [0.1, 0.15) is 0 Å². The second kappa shape index (κ2) is 2.92. The number of nitrogen functional groups attached to an aromatic ring is 1. The Labute approximate surface area is 69.9 Å². The van der Waals surface area contributed by atoms with Crippen molar-refractivity contribution in [2.75, 3.05) is 5.73 Å². The van der Waals surface area contributed by atoms with E-state index in [1.165, 1.54) is 0 Å². The third kappa shape index (κ3) is 1.40. The third-order valence-corrected chi connectivity index (χ3v) is 1.37. The highest BCUT2D eigenvalue weighted by Crippen LogP contribution is 2.29. The second-order valence-corrected chi connectivity index (χ2v) is 2.17. The van der Waals surface area contributed by atoms with Crippen molar-refractivity contribution in [2.45, 2.75) is 0 Å². The molecule has 0 saturated carbocycles. The third-order valence-electron chi connectivity index (χ3n) is 1.37. The molecule has 1 aromatic rings. The highest BCUT2D eigenvalue weighted by Gasteiger charge is 2.25. The van der Waals surface area contributed by atoms with Crippen molar-refractivity contribution in [3.63, 3.8) is 0 Å². The van der Waals surface area contributed by atoms with Crippen LogP contribution in [0.1, 0.15) is 0 Å². The highest BCUT2D eigenvalue weighted by molar-refractivity contribution is 5.59. The van der Waals surface area contributed by atoms with Crippen LogP contribution in [0.4, 0.5) is 24.5 Å². The lowest BCUT2D eigenvalue weighted by Crippen LogP contribution is -2.03. The van der Waals surface area contributed by atoms with E-state index in [1.807, 2.05) is 0 Å². The monoisotopic (exact) mass is 192 g/mol. The second-order valence-electron chi connectivity index (χ2n) is 2.17. The lowest BCUT2D eigenvalue weighted by molar-refractivity contribution is -0.387. The van der Waals surface area contributed by atoms with E-state index in [4.69, 9.17) is 5.73 Å². The maximum absolute atomic E-state index is 12.6. The van der Waals surface area contributed by atoms with Gasteiger partial charge in [-0.15, -0.1) is 0 Å². The lowest BCUT2D eigenvalue weighted by Gasteiger charge is -2.00. The van der Waals surface area contributed by atoms with Gasteiger partial charge in [-0.1, -0.05) is 0 Å². The Balaban J connectivity index is 3.56. The largest absolute Gasteiger partial charge is 0.391 e. The molecule has 0 bridgehead atoms. The zero-order chi connectivity index (χ0) is 10.2. The Morgan fingerprint density at radius 1 is 1.31 bits per heavy atom. The Hall–Kier alpha value is -1.79. The van der Waals surface area contributed by atoms with Gasteiger partial charge in [-0.25, -0.2) is 8.78 Å². The summed E-state index contributed by atoms with van der Waals surface area (Å²) in [6, 6.07) is 0.150. The highest BCUT2D eigenvalue weighted by atomic mass is 19.2. The zero-order valence-corrected chi connectivity index (χ0v) is 6.05. The fourth-order valence-electron chi connectivity index (χ4n) is 0.775. The summed E-state index contributed by atoms with van der Waals surface area (Å²) in [6.45, 7) is 0. The molecule has 0 saturated heterocycles. The van der Waals surface area contributed by atoms with Crippen LogP contribution in [0.3, 0.4) is 0 Å². The van der Waals surface area contributed by atoms with Gasteiger partial charge in [0.2, 0.25) is 5.82 Å². The molecule has 0 aromatic heterocycles. The van der Waals surface area contributed by atoms with E-state index >= 15 is 0 Å². The van der Waals surface area contributed by atoms with Gasteiger partial charge in [-0.05, 0) is 0 Å². The van der Waals surface area contributed by atoms with Gasteiger partial charge in [-0.2, -0.15) is 4.39 Å². The lowest BCUT2D eigenvalue weighted by atomic mass is 10.2. The SMILES string of the molecule is Nc1c(F)cc(F)c(F)c1[N+](=O)[O-]. The van der Waals surface area contributed by atoms with Gasteiger partial charge >= 0.3 is 5.69 Å². The number of hydrogen-bond donors (Lipinski definition) is 1. The standard InChI is InChI=1S/C6H3F3N2O2/c7-2-1-3(8)5(10)6(4(2)9)11(12)13/h1H,10H2. The first kappa shape index (κ1) is 9.30. The van der Waals surface area contributed by atoms with Crippen molar-refractivity contribution < 1.29 is 18.1 Å². The van der Waals surface area contributed by atoms with Crippen molar-refractivity contribution >= 4 is 11.4 Å². The van der Waals surface area contributed by atoms with Crippen LogP contribution in [0.15, 0.2) is 6.07 Å². The van der Waals surface area contributed by atoms with Crippen molar-refractivity contribution in [1.82, 2.24) is 0 Å². The number of nitrogens with two attached hydrogens (primary N) is 1. The van der Waals surface area contributed by atoms with E-state index < -0.39 is 33.7 Å². The normalized spacial score (nSPS) is 10.1. The number of nitrogens with zero attached hydrogens (tertiary/aromatic N) is 1. The quantitative estimate of drug-likeness (QED) is 0.318. The smallest absolute Gasteiger partial charge is 0.333 e. The molecule has 0 fully saturated rings. The summed E-state index contributed by atoms with van der Waals surface area (Å²) < 4.78 is 37.6. The maximum Gasteiger partial charge on any atom is 0.333 e. The van der Waals surface area contributed by atoms with Crippen molar-refractivity contribution in [1.29, 1.82) is 0 Å². The molecule has 0 unspecified atom stereocenters. The minimum Gasteiger partial charge on any atom is -0.391 e. The van der Waals surface area contributed by atoms with Crippen molar-refractivity contribution in [3.05, 3.63) is 33.6 Å². The zero-order valence-electron chi connectivity index (χ0n) is 6.05. The van der Waals surface area contributed by atoms with Gasteiger partial charge in [-0.3, -0.25) is 10.1 Å². The average Bonchev–Trinajstić information content (AvgIpc) is 2.01. The summed E-state index contributed by atoms with van der Waals surface area (Å²) >= 11 is 0. The summed E-state index contributed by atoms with van der Waals surface area (Å²) in [4.78, 5) is 8.82. The molecule has 2 N–H and O–H groups in total. The molecule has 13 heavy (non-hydrogen) atoms. The van der Waals surface area contributed by atoms with Crippen LogP contribution >= 0.6 is 0 Å². The molecular weight excluding hydrogens is 189 g/mol. The summed E-state index contributed by atoms with van der Waals surface area (Å²) in [5.74, 6) is -4.76. The number of halogens is 3. The van der Waals surface area contributed by atoms with Crippen LogP contribution in [0.25, 0.3) is 0 Å². The van der Waals surface area contributed by atoms with Crippen LogP contribution in [0.2, 0.25) is 0 Å². The van der Waals surface area contributed by atoms with E-state index in [2.05, 4.69) is 0 Å². The Morgan fingerprint density at radius 2 is 1.85 bits per heavy atom. The van der Waals surface area contributed by atoms with Crippen LogP contribution in [0.5, 0.6) is 0 Å². The number of nitro benzene ring substituents is 1. The predicted molar refractivity (Wildman–Crippen MR) is 37.4 cm³/mol. The summed E-state index contributed by atoms with van der Waals surface area (Å²) in [5, 5.41) is 10.1. The van der Waals surface area contributed by atoms with E-state index in [9.17, 15) is 23.3 Å². The van der Waals surface area contributed by atoms with Crippen LogP contribution in [0, 0.1) is 27.6 Å². The molecular formula is C6H3F3N2O2. The molecule has 0 aliphatic heterocycles.